The predicted octanol–water partition coefficient (Wildman–Crippen LogP) is 0.275. The van der Waals surface area contributed by atoms with Gasteiger partial charge in [-0.2, -0.15) is 0 Å². The molecule has 7 nitrogen and oxygen atoms in total. The van der Waals surface area contributed by atoms with Crippen molar-refractivity contribution in [2.24, 2.45) is 7.05 Å². The molecule has 0 bridgehead atoms. The highest BCUT2D eigenvalue weighted by Gasteiger charge is 2.41. The summed E-state index contributed by atoms with van der Waals surface area (Å²) >= 11 is 0. The van der Waals surface area contributed by atoms with Gasteiger partial charge in [-0.05, 0) is 17.5 Å². The summed E-state index contributed by atoms with van der Waals surface area (Å²) in [6.45, 7) is 1.82. The predicted molar refractivity (Wildman–Crippen MR) is 88.5 cm³/mol. The Morgan fingerprint density at radius 2 is 1.92 bits per heavy atom. The number of carbonyl (C=O) groups excluding carboxylic acids is 2. The molecule has 2 fully saturated rings. The number of aryl methyl sites for hydroxylation is 1. The van der Waals surface area contributed by atoms with Crippen LogP contribution < -0.4 is 10.9 Å². The second-order valence-electron chi connectivity index (χ2n) is 6.36. The van der Waals surface area contributed by atoms with Crippen molar-refractivity contribution in [1.29, 1.82) is 0 Å². The Kier molecular flexibility index (Phi) is 3.38. The van der Waals surface area contributed by atoms with Gasteiger partial charge in [0, 0.05) is 32.2 Å². The number of nitrogens with zero attached hydrogens (tertiary/aromatic N) is 3. The standard InChI is InChI=1S/C17H18N4O3/c1-19-14-5-3-2-4-11(14)6-12(16(19)23)8-20-9-13(10-20)21-15(22)7-18-17(21)24/h2-6,13H,7-10H2,1H3,(H,18,24). The number of carbonyl (C=O) groups is 2. The topological polar surface area (TPSA) is 74.7 Å². The highest BCUT2D eigenvalue weighted by molar-refractivity contribution is 6.02. The summed E-state index contributed by atoms with van der Waals surface area (Å²) in [5, 5.41) is 3.56. The van der Waals surface area contributed by atoms with Gasteiger partial charge in [0.05, 0.1) is 18.1 Å². The van der Waals surface area contributed by atoms with Gasteiger partial charge in [-0.1, -0.05) is 18.2 Å². The van der Waals surface area contributed by atoms with Gasteiger partial charge in [-0.3, -0.25) is 19.4 Å². The van der Waals surface area contributed by atoms with E-state index in [-0.39, 0.29) is 30.1 Å². The average Bonchev–Trinajstić information content (AvgIpc) is 2.86. The van der Waals surface area contributed by atoms with Gasteiger partial charge in [0.1, 0.15) is 0 Å². The van der Waals surface area contributed by atoms with E-state index in [2.05, 4.69) is 10.2 Å². The van der Waals surface area contributed by atoms with Crippen LogP contribution in [0, 0.1) is 0 Å². The molecule has 0 atom stereocenters. The van der Waals surface area contributed by atoms with Crippen molar-refractivity contribution in [3.8, 4) is 0 Å². The van der Waals surface area contributed by atoms with Crippen LogP contribution in [0.2, 0.25) is 0 Å². The first-order chi connectivity index (χ1) is 11.5. The van der Waals surface area contributed by atoms with Crippen LogP contribution in [0.5, 0.6) is 0 Å². The molecule has 24 heavy (non-hydrogen) atoms. The van der Waals surface area contributed by atoms with Crippen LogP contribution >= 0.6 is 0 Å². The van der Waals surface area contributed by atoms with Gasteiger partial charge in [0.25, 0.3) is 5.56 Å². The number of urea groups is 1. The minimum Gasteiger partial charge on any atom is -0.329 e. The number of aromatic nitrogens is 1. The zero-order valence-corrected chi connectivity index (χ0v) is 13.4. The maximum atomic E-state index is 12.5. The number of para-hydroxylation sites is 1. The van der Waals surface area contributed by atoms with Crippen LogP contribution in [0.1, 0.15) is 5.56 Å². The third-order valence-electron chi connectivity index (χ3n) is 4.78. The molecule has 1 aromatic heterocycles. The number of amides is 3. The van der Waals surface area contributed by atoms with Crippen LogP contribution in [0.4, 0.5) is 4.79 Å². The smallest absolute Gasteiger partial charge is 0.324 e. The Morgan fingerprint density at radius 1 is 1.17 bits per heavy atom. The quantitative estimate of drug-likeness (QED) is 0.822. The Bertz CT molecular complexity index is 882. The zero-order valence-electron chi connectivity index (χ0n) is 13.4. The van der Waals surface area contributed by atoms with Crippen molar-refractivity contribution in [1.82, 2.24) is 19.7 Å². The summed E-state index contributed by atoms with van der Waals surface area (Å²) in [6.07, 6.45) is 0. The van der Waals surface area contributed by atoms with Gasteiger partial charge < -0.3 is 9.88 Å². The monoisotopic (exact) mass is 326 g/mol. The number of hydrogen-bond donors (Lipinski definition) is 1. The van der Waals surface area contributed by atoms with E-state index in [1.165, 1.54) is 4.90 Å². The number of hydrogen-bond acceptors (Lipinski definition) is 4. The zero-order chi connectivity index (χ0) is 16.8. The van der Waals surface area contributed by atoms with E-state index < -0.39 is 0 Å². The highest BCUT2D eigenvalue weighted by Crippen LogP contribution is 2.20. The number of pyridine rings is 1. The summed E-state index contributed by atoms with van der Waals surface area (Å²) in [6, 6.07) is 9.31. The summed E-state index contributed by atoms with van der Waals surface area (Å²) in [5.74, 6) is -0.175. The average molecular weight is 326 g/mol. The third kappa shape index (κ3) is 2.28. The third-order valence-corrected chi connectivity index (χ3v) is 4.78. The minimum atomic E-state index is -0.314. The maximum absolute atomic E-state index is 12.5. The molecule has 7 heteroatoms. The molecular weight excluding hydrogens is 308 g/mol. The molecule has 4 rings (SSSR count). The van der Waals surface area contributed by atoms with Crippen LogP contribution in [0.3, 0.4) is 0 Å². The molecule has 2 saturated heterocycles. The first-order valence-corrected chi connectivity index (χ1v) is 7.94. The molecule has 0 spiro atoms. The Hall–Kier alpha value is -2.67. The second kappa shape index (κ2) is 5.45. The second-order valence-corrected chi connectivity index (χ2v) is 6.36. The largest absolute Gasteiger partial charge is 0.329 e. The van der Waals surface area contributed by atoms with Crippen molar-refractivity contribution >= 4 is 22.8 Å². The number of fused-ring (bicyclic) bond motifs is 1. The van der Waals surface area contributed by atoms with Crippen molar-refractivity contribution in [2.45, 2.75) is 12.6 Å². The van der Waals surface area contributed by atoms with Crippen LogP contribution in [0.25, 0.3) is 10.9 Å². The summed E-state index contributed by atoms with van der Waals surface area (Å²) < 4.78 is 1.67. The van der Waals surface area contributed by atoms with Crippen molar-refractivity contribution < 1.29 is 9.59 Å². The molecule has 3 heterocycles. The maximum Gasteiger partial charge on any atom is 0.324 e. The van der Waals surface area contributed by atoms with E-state index in [0.717, 1.165) is 16.5 Å². The van der Waals surface area contributed by atoms with Gasteiger partial charge >= 0.3 is 6.03 Å². The molecule has 2 aliphatic rings. The number of benzene rings is 1. The van der Waals surface area contributed by atoms with Crippen LogP contribution in [-0.4, -0.2) is 52.0 Å². The van der Waals surface area contributed by atoms with E-state index in [9.17, 15) is 14.4 Å². The molecule has 1 aromatic carbocycles. The lowest BCUT2D eigenvalue weighted by Crippen LogP contribution is -2.60. The molecule has 2 aromatic rings. The number of nitrogens with one attached hydrogen (secondary N) is 1. The van der Waals surface area contributed by atoms with Crippen LogP contribution in [0.15, 0.2) is 35.1 Å². The Morgan fingerprint density at radius 3 is 2.62 bits per heavy atom. The number of rotatable bonds is 3. The SMILES string of the molecule is Cn1c(=O)c(CN2CC(N3C(=O)CNC3=O)C2)cc2ccccc21. The van der Waals surface area contributed by atoms with E-state index in [1.54, 1.807) is 11.6 Å². The highest BCUT2D eigenvalue weighted by atomic mass is 16.2. The Labute approximate surface area is 138 Å². The lowest BCUT2D eigenvalue weighted by molar-refractivity contribution is -0.129. The number of likely N-dealkylation sites (tertiary alicyclic amines) is 1. The van der Waals surface area contributed by atoms with Crippen LogP contribution in [-0.2, 0) is 18.4 Å². The molecule has 124 valence electrons. The van der Waals surface area contributed by atoms with Crippen molar-refractivity contribution in [3.63, 3.8) is 0 Å². The van der Waals surface area contributed by atoms with E-state index in [0.29, 0.717) is 19.6 Å². The molecular formula is C17H18N4O3. The van der Waals surface area contributed by atoms with Gasteiger partial charge in [0.2, 0.25) is 5.91 Å². The molecule has 3 amide bonds. The summed E-state index contributed by atoms with van der Waals surface area (Å²) in [5.41, 5.74) is 1.63. The fourth-order valence-corrected chi connectivity index (χ4v) is 3.48. The van der Waals surface area contributed by atoms with Crippen molar-refractivity contribution in [3.05, 3.63) is 46.2 Å². The van der Waals surface area contributed by atoms with E-state index >= 15 is 0 Å². The first-order valence-electron chi connectivity index (χ1n) is 7.94. The summed E-state index contributed by atoms with van der Waals surface area (Å²) in [4.78, 5) is 39.2. The van der Waals surface area contributed by atoms with Gasteiger partial charge in [-0.25, -0.2) is 4.79 Å². The van der Waals surface area contributed by atoms with Crippen molar-refractivity contribution in [2.75, 3.05) is 19.6 Å². The Balaban J connectivity index is 1.51. The lowest BCUT2D eigenvalue weighted by Gasteiger charge is -2.42. The lowest BCUT2D eigenvalue weighted by atomic mass is 10.1. The molecule has 1 N–H and O–H groups in total. The molecule has 0 radical (unpaired) electrons. The normalized spacial score (nSPS) is 19.0. The molecule has 0 unspecified atom stereocenters. The van der Waals surface area contributed by atoms with Gasteiger partial charge in [0.15, 0.2) is 0 Å². The minimum absolute atomic E-state index is 0.00728. The first kappa shape index (κ1) is 14.9. The van der Waals surface area contributed by atoms with E-state index in [4.69, 9.17) is 0 Å². The molecule has 0 saturated carbocycles. The van der Waals surface area contributed by atoms with Gasteiger partial charge in [-0.15, -0.1) is 0 Å². The molecule has 2 aliphatic heterocycles. The number of imide groups is 1. The summed E-state index contributed by atoms with van der Waals surface area (Å²) in [7, 11) is 1.78. The molecule has 0 aliphatic carbocycles. The fraction of sp³-hybridized carbons (Fsp3) is 0.353. The fourth-order valence-electron chi connectivity index (χ4n) is 3.48. The van der Waals surface area contributed by atoms with E-state index in [1.807, 2.05) is 30.3 Å².